The number of carbonyl (C=O) groups excluding carboxylic acids is 3. The van der Waals surface area contributed by atoms with Crippen LogP contribution in [-0.2, 0) is 16.1 Å². The maximum atomic E-state index is 12.9. The highest BCUT2D eigenvalue weighted by Crippen LogP contribution is 2.34. The van der Waals surface area contributed by atoms with E-state index in [2.05, 4.69) is 23.2 Å². The summed E-state index contributed by atoms with van der Waals surface area (Å²) in [5.41, 5.74) is 8.34. The van der Waals surface area contributed by atoms with E-state index in [4.69, 9.17) is 5.73 Å². The minimum absolute atomic E-state index is 0.125. The number of anilines is 1. The van der Waals surface area contributed by atoms with Gasteiger partial charge in [0.15, 0.2) is 0 Å². The second-order valence-corrected chi connectivity index (χ2v) is 7.19. The number of fused-ring (bicyclic) bond motifs is 1. The average Bonchev–Trinajstić information content (AvgIpc) is 3.06. The van der Waals surface area contributed by atoms with E-state index < -0.39 is 6.04 Å². The van der Waals surface area contributed by atoms with Crippen molar-refractivity contribution in [1.82, 2.24) is 10.2 Å². The lowest BCUT2D eigenvalue weighted by Crippen LogP contribution is -2.52. The van der Waals surface area contributed by atoms with Gasteiger partial charge in [-0.3, -0.25) is 19.7 Å². The van der Waals surface area contributed by atoms with E-state index >= 15 is 0 Å². The first-order chi connectivity index (χ1) is 14.1. The molecule has 0 aromatic heterocycles. The molecule has 160 valence electrons. The highest BCUT2D eigenvalue weighted by Gasteiger charge is 2.40. The quantitative estimate of drug-likeness (QED) is 0.514. The van der Waals surface area contributed by atoms with Crippen molar-refractivity contribution in [3.8, 4) is 0 Å². The van der Waals surface area contributed by atoms with Crippen LogP contribution < -0.4 is 16.0 Å². The molecule has 3 amide bonds. The Labute approximate surface area is 173 Å². The molecule has 0 aliphatic carbocycles. The van der Waals surface area contributed by atoms with E-state index in [9.17, 15) is 14.4 Å². The summed E-state index contributed by atoms with van der Waals surface area (Å²) < 4.78 is 0. The normalized spacial score (nSPS) is 18.1. The number of imide groups is 1. The van der Waals surface area contributed by atoms with Gasteiger partial charge >= 0.3 is 0 Å². The van der Waals surface area contributed by atoms with Gasteiger partial charge in [0.25, 0.3) is 5.91 Å². The zero-order chi connectivity index (χ0) is 21.4. The number of carbonyl (C=O) groups is 3. The zero-order valence-corrected chi connectivity index (χ0v) is 17.9. The largest absolute Gasteiger partial charge is 0.371 e. The predicted octanol–water partition coefficient (Wildman–Crippen LogP) is 2.43. The molecule has 0 bridgehead atoms. The van der Waals surface area contributed by atoms with Gasteiger partial charge in [0.1, 0.15) is 6.04 Å². The highest BCUT2D eigenvalue weighted by molar-refractivity contribution is 6.06. The Kier molecular flexibility index (Phi) is 8.64. The summed E-state index contributed by atoms with van der Waals surface area (Å²) in [6.07, 6.45) is 3.64. The van der Waals surface area contributed by atoms with Crippen LogP contribution >= 0.6 is 0 Å². The second-order valence-electron chi connectivity index (χ2n) is 7.19. The van der Waals surface area contributed by atoms with Crippen molar-refractivity contribution in [1.29, 1.82) is 0 Å². The third-order valence-electron chi connectivity index (χ3n) is 5.27. The molecule has 1 aromatic rings. The summed E-state index contributed by atoms with van der Waals surface area (Å²) in [5.74, 6) is -0.766. The van der Waals surface area contributed by atoms with E-state index in [0.29, 0.717) is 25.1 Å². The fourth-order valence-corrected chi connectivity index (χ4v) is 3.94. The molecule has 3 N–H and O–H groups in total. The van der Waals surface area contributed by atoms with Gasteiger partial charge in [0.2, 0.25) is 11.8 Å². The Morgan fingerprint density at radius 2 is 1.93 bits per heavy atom. The molecule has 2 heterocycles. The third-order valence-corrected chi connectivity index (χ3v) is 5.27. The van der Waals surface area contributed by atoms with Gasteiger partial charge in [-0.2, -0.15) is 0 Å². The molecular formula is C22H34N4O3. The van der Waals surface area contributed by atoms with Gasteiger partial charge in [-0.25, -0.2) is 0 Å². The maximum absolute atomic E-state index is 12.9. The van der Waals surface area contributed by atoms with Gasteiger partial charge in [-0.05, 0) is 44.4 Å². The van der Waals surface area contributed by atoms with Crippen molar-refractivity contribution >= 4 is 23.4 Å². The molecule has 7 nitrogen and oxygen atoms in total. The Morgan fingerprint density at radius 3 is 2.59 bits per heavy atom. The van der Waals surface area contributed by atoms with Gasteiger partial charge < -0.3 is 15.5 Å². The van der Waals surface area contributed by atoms with Crippen LogP contribution in [0, 0.1) is 0 Å². The van der Waals surface area contributed by atoms with E-state index in [0.717, 1.165) is 43.6 Å². The molecule has 1 saturated heterocycles. The number of unbranched alkanes of at least 4 members (excludes halogenated alkanes) is 1. The van der Waals surface area contributed by atoms with E-state index in [1.54, 1.807) is 4.90 Å². The van der Waals surface area contributed by atoms with Crippen LogP contribution in [0.25, 0.3) is 0 Å². The minimum atomic E-state index is -0.577. The number of amides is 3. The van der Waals surface area contributed by atoms with Crippen LogP contribution in [0.3, 0.4) is 0 Å². The molecule has 3 rings (SSSR count). The number of hydrogen-bond donors (Lipinski definition) is 2. The van der Waals surface area contributed by atoms with Gasteiger partial charge in [0.05, 0.1) is 0 Å². The molecular weight excluding hydrogens is 368 g/mol. The summed E-state index contributed by atoms with van der Waals surface area (Å²) >= 11 is 0. The Morgan fingerprint density at radius 1 is 1.17 bits per heavy atom. The SMILES string of the molecule is CC.CCCN(CCCCN)c1cccc2c1CN(C1CCC(=O)NC1=O)C2=O. The van der Waals surface area contributed by atoms with E-state index in [1.165, 1.54) is 0 Å². The van der Waals surface area contributed by atoms with Crippen LogP contribution in [0.2, 0.25) is 0 Å². The van der Waals surface area contributed by atoms with E-state index in [-0.39, 0.29) is 24.1 Å². The molecule has 1 unspecified atom stereocenters. The van der Waals surface area contributed by atoms with Gasteiger partial charge in [-0.1, -0.05) is 26.8 Å². The van der Waals surface area contributed by atoms with Gasteiger partial charge in [-0.15, -0.1) is 0 Å². The predicted molar refractivity (Wildman–Crippen MR) is 115 cm³/mol. The monoisotopic (exact) mass is 402 g/mol. The standard InChI is InChI=1S/C20H28N4O3.C2H6/c1-2-11-23(12-4-3-10-21)16-7-5-6-14-15(16)13-24(20(14)27)17-8-9-18(25)22-19(17)26;1-2/h5-7,17H,2-4,8-13,21H2,1H3,(H,22,25,26);1-2H3. The van der Waals surface area contributed by atoms with Crippen molar-refractivity contribution in [2.45, 2.75) is 65.5 Å². The number of piperidine rings is 1. The molecule has 0 saturated carbocycles. The number of benzene rings is 1. The Hall–Kier alpha value is -2.41. The maximum Gasteiger partial charge on any atom is 0.255 e. The van der Waals surface area contributed by atoms with Crippen LogP contribution in [0.4, 0.5) is 5.69 Å². The summed E-state index contributed by atoms with van der Waals surface area (Å²) in [6, 6.07) is 5.22. The first-order valence-corrected chi connectivity index (χ1v) is 10.8. The topological polar surface area (TPSA) is 95.7 Å². The molecule has 1 fully saturated rings. The minimum Gasteiger partial charge on any atom is -0.371 e. The molecule has 0 radical (unpaired) electrons. The zero-order valence-electron chi connectivity index (χ0n) is 17.9. The number of hydrogen-bond acceptors (Lipinski definition) is 5. The van der Waals surface area contributed by atoms with E-state index in [1.807, 2.05) is 26.0 Å². The molecule has 1 aromatic carbocycles. The van der Waals surface area contributed by atoms with Crippen molar-refractivity contribution < 1.29 is 14.4 Å². The van der Waals surface area contributed by atoms with Crippen LogP contribution in [0.15, 0.2) is 18.2 Å². The lowest BCUT2D eigenvalue weighted by Gasteiger charge is -2.30. The fourth-order valence-electron chi connectivity index (χ4n) is 3.94. The molecule has 7 heteroatoms. The van der Waals surface area contributed by atoms with Crippen molar-refractivity contribution in [2.75, 3.05) is 24.5 Å². The lowest BCUT2D eigenvalue weighted by molar-refractivity contribution is -0.136. The molecule has 2 aliphatic rings. The Bertz CT molecular complexity index is 735. The van der Waals surface area contributed by atoms with Crippen LogP contribution in [-0.4, -0.2) is 48.3 Å². The fraction of sp³-hybridized carbons (Fsp3) is 0.591. The summed E-state index contributed by atoms with van der Waals surface area (Å²) in [6.45, 7) is 9.03. The lowest BCUT2D eigenvalue weighted by atomic mass is 10.0. The van der Waals surface area contributed by atoms with Gasteiger partial charge in [0, 0.05) is 42.9 Å². The summed E-state index contributed by atoms with van der Waals surface area (Å²) in [5, 5.41) is 2.35. The van der Waals surface area contributed by atoms with Crippen molar-refractivity contribution in [3.05, 3.63) is 29.3 Å². The highest BCUT2D eigenvalue weighted by atomic mass is 16.2. The Balaban J connectivity index is 0.00000145. The first-order valence-electron chi connectivity index (χ1n) is 10.8. The van der Waals surface area contributed by atoms with Crippen molar-refractivity contribution in [3.63, 3.8) is 0 Å². The van der Waals surface area contributed by atoms with Crippen LogP contribution in [0.1, 0.15) is 68.8 Å². The summed E-state index contributed by atoms with van der Waals surface area (Å²) in [7, 11) is 0. The van der Waals surface area contributed by atoms with Crippen LogP contribution in [0.5, 0.6) is 0 Å². The first kappa shape index (κ1) is 22.9. The molecule has 1 atom stereocenters. The summed E-state index contributed by atoms with van der Waals surface area (Å²) in [4.78, 5) is 40.5. The smallest absolute Gasteiger partial charge is 0.255 e. The number of nitrogens with zero attached hydrogens (tertiary/aromatic N) is 2. The third kappa shape index (κ3) is 5.15. The second kappa shape index (κ2) is 11.0. The van der Waals surface area contributed by atoms with Crippen molar-refractivity contribution in [2.24, 2.45) is 5.73 Å². The molecule has 2 aliphatic heterocycles. The average molecular weight is 403 g/mol. The molecule has 0 spiro atoms. The molecule has 29 heavy (non-hydrogen) atoms. The number of nitrogens with two attached hydrogens (primary N) is 1. The number of nitrogens with one attached hydrogen (secondary N) is 1. The number of rotatable bonds is 8.